The van der Waals surface area contributed by atoms with Crippen LogP contribution in [0.15, 0.2) is 61.1 Å². The second-order valence-electron chi connectivity index (χ2n) is 10.0. The van der Waals surface area contributed by atoms with Crippen molar-refractivity contribution < 1.29 is 9.21 Å². The number of carbonyl (C=O) groups is 1. The number of aliphatic imine (C=N–C) groups is 3. The van der Waals surface area contributed by atoms with Crippen molar-refractivity contribution in [1.82, 2.24) is 9.99 Å². The third kappa shape index (κ3) is 5.01. The maximum atomic E-state index is 12.4. The first kappa shape index (κ1) is 26.9. The number of hydrogen-bond acceptors (Lipinski definition) is 11. The smallest absolute Gasteiger partial charge is 0.298 e. The number of nitroso groups, excluding NO2 is 1. The molecule has 1 amide bonds. The Bertz CT molecular complexity index is 1400. The predicted molar refractivity (Wildman–Crippen MR) is 158 cm³/mol. The van der Waals surface area contributed by atoms with Gasteiger partial charge in [-0.15, -0.1) is 40.2 Å². The van der Waals surface area contributed by atoms with E-state index in [1.54, 1.807) is 42.2 Å². The molecular weight excluding hydrogens is 541 g/mol. The number of hydrogen-bond donors (Lipinski definition) is 0. The van der Waals surface area contributed by atoms with Gasteiger partial charge in [0.25, 0.3) is 5.91 Å². The Morgan fingerprint density at radius 1 is 0.947 bits per heavy atom. The minimum Gasteiger partial charge on any atom is -0.442 e. The second kappa shape index (κ2) is 10.1. The van der Waals surface area contributed by atoms with E-state index in [2.05, 4.69) is 48.4 Å². The first-order valence-electron chi connectivity index (χ1n) is 12.1. The molecular formula is C26H28N6O3S3. The fourth-order valence-electron chi connectivity index (χ4n) is 4.23. The van der Waals surface area contributed by atoms with Crippen LogP contribution in [0.1, 0.15) is 48.5 Å². The summed E-state index contributed by atoms with van der Waals surface area (Å²) in [5, 5.41) is 6.32. The molecule has 0 radical (unpaired) electrons. The molecule has 38 heavy (non-hydrogen) atoms. The van der Waals surface area contributed by atoms with Crippen molar-refractivity contribution in [2.45, 2.75) is 44.3 Å². The van der Waals surface area contributed by atoms with Crippen LogP contribution in [0.5, 0.6) is 0 Å². The molecule has 4 heterocycles. The van der Waals surface area contributed by atoms with Gasteiger partial charge in [-0.1, -0.05) is 36.4 Å². The molecule has 2 aromatic rings. The van der Waals surface area contributed by atoms with Crippen molar-refractivity contribution in [2.75, 3.05) is 24.3 Å². The zero-order valence-electron chi connectivity index (χ0n) is 21.8. The quantitative estimate of drug-likeness (QED) is 0.315. The molecule has 9 nitrogen and oxygen atoms in total. The summed E-state index contributed by atoms with van der Waals surface area (Å²) in [6.45, 7) is 7.84. The Labute approximate surface area is 234 Å². The number of oxazole rings is 1. The molecule has 0 spiro atoms. The van der Waals surface area contributed by atoms with Gasteiger partial charge >= 0.3 is 0 Å². The molecule has 0 fully saturated rings. The van der Waals surface area contributed by atoms with E-state index in [0.29, 0.717) is 22.4 Å². The lowest BCUT2D eigenvalue weighted by molar-refractivity contribution is 0.0790. The Morgan fingerprint density at radius 3 is 2.24 bits per heavy atom. The molecule has 3 atom stereocenters. The zero-order chi connectivity index (χ0) is 27.1. The summed E-state index contributed by atoms with van der Waals surface area (Å²) < 4.78 is 5.86. The van der Waals surface area contributed by atoms with Gasteiger partial charge in [-0.25, -0.2) is 4.98 Å². The monoisotopic (exact) mass is 568 g/mol. The molecule has 3 aliphatic heterocycles. The van der Waals surface area contributed by atoms with E-state index in [4.69, 9.17) is 19.4 Å². The van der Waals surface area contributed by atoms with Crippen molar-refractivity contribution in [1.29, 1.82) is 0 Å². The summed E-state index contributed by atoms with van der Waals surface area (Å²) in [4.78, 5) is 42.8. The zero-order valence-corrected chi connectivity index (χ0v) is 24.2. The maximum Gasteiger partial charge on any atom is 0.298 e. The van der Waals surface area contributed by atoms with E-state index in [1.807, 2.05) is 25.1 Å². The highest BCUT2D eigenvalue weighted by atomic mass is 32.2. The minimum absolute atomic E-state index is 0.0709. The van der Waals surface area contributed by atoms with Crippen molar-refractivity contribution in [3.8, 4) is 0 Å². The van der Waals surface area contributed by atoms with Crippen molar-refractivity contribution in [3.05, 3.63) is 64.2 Å². The lowest BCUT2D eigenvalue weighted by Gasteiger charge is -2.21. The summed E-state index contributed by atoms with van der Waals surface area (Å²) in [7, 11) is 1.29. The molecule has 0 unspecified atom stereocenters. The number of thioether (sulfide) groups is 3. The van der Waals surface area contributed by atoms with Crippen molar-refractivity contribution >= 4 is 62.4 Å². The molecule has 5 rings (SSSR count). The number of rotatable bonds is 7. The molecule has 0 N–H and O–H groups in total. The van der Waals surface area contributed by atoms with Crippen LogP contribution >= 0.6 is 35.3 Å². The highest BCUT2D eigenvalue weighted by molar-refractivity contribution is 8.17. The van der Waals surface area contributed by atoms with Crippen LogP contribution < -0.4 is 0 Å². The third-order valence-corrected chi connectivity index (χ3v) is 10.8. The summed E-state index contributed by atoms with van der Waals surface area (Å²) in [6, 6.07) is 10.2. The molecule has 1 aromatic carbocycles. The van der Waals surface area contributed by atoms with Crippen LogP contribution in [0, 0.1) is 11.8 Å². The van der Waals surface area contributed by atoms with Crippen LogP contribution in [0.3, 0.4) is 0 Å². The molecule has 1 aromatic heterocycles. The molecule has 0 saturated carbocycles. The average molecular weight is 569 g/mol. The van der Waals surface area contributed by atoms with E-state index < -0.39 is 17.0 Å². The van der Waals surface area contributed by atoms with Gasteiger partial charge in [0.1, 0.15) is 22.4 Å². The lowest BCUT2D eigenvalue weighted by atomic mass is 10.0. The highest BCUT2D eigenvalue weighted by Gasteiger charge is 2.48. The third-order valence-electron chi connectivity index (χ3n) is 6.55. The summed E-state index contributed by atoms with van der Waals surface area (Å²) in [5.74, 6) is 2.30. The Balaban J connectivity index is 1.36. The topological polar surface area (TPSA) is 113 Å². The first-order valence-corrected chi connectivity index (χ1v) is 15.0. The van der Waals surface area contributed by atoms with Gasteiger partial charge in [-0.2, -0.15) is 5.01 Å². The van der Waals surface area contributed by atoms with Gasteiger partial charge in [0.05, 0.1) is 20.4 Å². The predicted octanol–water partition coefficient (Wildman–Crippen LogP) is 5.62. The number of benzene rings is 1. The van der Waals surface area contributed by atoms with E-state index in [-0.39, 0.29) is 11.2 Å². The standard InChI is InChI=1S/C26H28N6O3S3/c1-16-19(20(33)32(5)31-34)27-21(35-16)24(2)13-37-23(29-24)26(4)15-38-22(30-26)25(3)14-36-18(28-25)12-11-17-9-7-6-8-10-17/h6-12H,13-15H2,1-5H3/b12-11+/t24-,25-,26-/m0/s1. The summed E-state index contributed by atoms with van der Waals surface area (Å²) in [5.41, 5.74) is -0.376. The largest absolute Gasteiger partial charge is 0.442 e. The number of nitrogens with zero attached hydrogens (tertiary/aromatic N) is 6. The maximum absolute atomic E-state index is 12.4. The van der Waals surface area contributed by atoms with Gasteiger partial charge in [-0.05, 0) is 39.3 Å². The van der Waals surface area contributed by atoms with Crippen LogP contribution in [-0.2, 0) is 5.54 Å². The van der Waals surface area contributed by atoms with E-state index in [1.165, 1.54) is 7.05 Å². The fraction of sp³-hybridized carbons (Fsp3) is 0.423. The van der Waals surface area contributed by atoms with Crippen LogP contribution in [0.2, 0.25) is 0 Å². The van der Waals surface area contributed by atoms with Crippen LogP contribution in [0.4, 0.5) is 0 Å². The number of aromatic nitrogens is 1. The fourth-order valence-corrected chi connectivity index (χ4v) is 8.09. The van der Waals surface area contributed by atoms with E-state index in [9.17, 15) is 9.70 Å². The van der Waals surface area contributed by atoms with Gasteiger partial charge in [-0.3, -0.25) is 19.8 Å². The summed E-state index contributed by atoms with van der Waals surface area (Å²) >= 11 is 5.13. The Kier molecular flexibility index (Phi) is 7.16. The van der Waals surface area contributed by atoms with Gasteiger partial charge in [0, 0.05) is 24.3 Å². The minimum atomic E-state index is -0.747. The van der Waals surface area contributed by atoms with Gasteiger partial charge in [0.2, 0.25) is 5.89 Å². The molecule has 3 aliphatic rings. The normalized spacial score (nSPS) is 28.9. The molecule has 198 valence electrons. The number of carbonyl (C=O) groups excluding carboxylic acids is 1. The molecule has 0 bridgehead atoms. The first-order chi connectivity index (χ1) is 18.1. The SMILES string of the molecule is Cc1oc([C@]2(C)CSC([C@]3(C)CSC([C@]4(C)CSC(/C=C/c5ccccc5)=N4)=N3)=N2)nc1C(=O)N(C)N=O. The second-order valence-corrected chi connectivity index (χ2v) is 13.0. The van der Waals surface area contributed by atoms with Gasteiger partial charge < -0.3 is 4.42 Å². The number of aryl methyl sites for hydroxylation is 1. The van der Waals surface area contributed by atoms with Crippen molar-refractivity contribution in [3.63, 3.8) is 0 Å². The average Bonchev–Trinajstić information content (AvgIpc) is 3.69. The molecule has 12 heteroatoms. The Hall–Kier alpha value is -2.70. The molecule has 0 saturated heterocycles. The van der Waals surface area contributed by atoms with Crippen LogP contribution in [-0.4, -0.2) is 66.4 Å². The Morgan fingerprint density at radius 2 is 1.55 bits per heavy atom. The van der Waals surface area contributed by atoms with Crippen molar-refractivity contribution in [2.24, 2.45) is 20.3 Å². The molecule has 0 aliphatic carbocycles. The lowest BCUT2D eigenvalue weighted by Crippen LogP contribution is -2.33. The van der Waals surface area contributed by atoms with E-state index in [0.717, 1.165) is 32.2 Å². The van der Waals surface area contributed by atoms with E-state index >= 15 is 0 Å². The summed E-state index contributed by atoms with van der Waals surface area (Å²) in [6.07, 6.45) is 4.17. The van der Waals surface area contributed by atoms with Crippen LogP contribution in [0.25, 0.3) is 6.08 Å². The number of amides is 1. The van der Waals surface area contributed by atoms with Gasteiger partial charge in [0.15, 0.2) is 5.69 Å². The highest BCUT2D eigenvalue weighted by Crippen LogP contribution is 2.46.